The highest BCUT2D eigenvalue weighted by Crippen LogP contribution is 2.16. The fraction of sp³-hybridized carbons (Fsp3) is 0.455. The van der Waals surface area contributed by atoms with E-state index in [0.717, 1.165) is 39.4 Å². The van der Waals surface area contributed by atoms with Crippen LogP contribution in [0.4, 0.5) is 11.4 Å². The zero-order chi connectivity index (χ0) is 18.1. The average molecular weight is 341 g/mol. The molecule has 0 aromatic heterocycles. The van der Waals surface area contributed by atoms with E-state index in [2.05, 4.69) is 86.0 Å². The summed E-state index contributed by atoms with van der Waals surface area (Å²) in [5.74, 6) is 0. The summed E-state index contributed by atoms with van der Waals surface area (Å²) in [6.07, 6.45) is 0. The van der Waals surface area contributed by atoms with Gasteiger partial charge in [0.15, 0.2) is 0 Å². The Balaban J connectivity index is 1.76. The molecule has 2 aromatic rings. The maximum Gasteiger partial charge on any atom is 0.0642 e. The first-order chi connectivity index (χ1) is 12.1. The number of aryl methyl sites for hydroxylation is 2. The third kappa shape index (κ3) is 6.09. The predicted molar refractivity (Wildman–Crippen MR) is 109 cm³/mol. The molecule has 0 unspecified atom stereocenters. The number of likely N-dealkylation sites (N-methyl/N-ethyl adjacent to an activating group) is 2. The molecule has 0 aliphatic carbocycles. The Morgan fingerprint density at radius 1 is 0.720 bits per heavy atom. The van der Waals surface area contributed by atoms with Crippen LogP contribution in [-0.2, 0) is 4.74 Å². The van der Waals surface area contributed by atoms with Crippen molar-refractivity contribution in [2.45, 2.75) is 27.7 Å². The summed E-state index contributed by atoms with van der Waals surface area (Å²) in [6, 6.07) is 17.3. The van der Waals surface area contributed by atoms with Gasteiger partial charge < -0.3 is 14.5 Å². The van der Waals surface area contributed by atoms with E-state index in [9.17, 15) is 0 Å². The van der Waals surface area contributed by atoms with Gasteiger partial charge in [0.25, 0.3) is 0 Å². The lowest BCUT2D eigenvalue weighted by Crippen LogP contribution is -2.30. The molecule has 0 saturated heterocycles. The molecular weight excluding hydrogens is 308 g/mol. The van der Waals surface area contributed by atoms with Crippen LogP contribution in [-0.4, -0.2) is 39.4 Å². The Morgan fingerprint density at radius 3 is 1.52 bits per heavy atom. The molecule has 2 aromatic carbocycles. The minimum atomic E-state index is 0.757. The molecule has 0 N–H and O–H groups in total. The van der Waals surface area contributed by atoms with Gasteiger partial charge in [-0.3, -0.25) is 0 Å². The summed E-state index contributed by atoms with van der Waals surface area (Å²) in [7, 11) is 0. The van der Waals surface area contributed by atoms with Crippen LogP contribution in [0.1, 0.15) is 25.0 Å². The van der Waals surface area contributed by atoms with E-state index in [1.165, 1.54) is 22.5 Å². The third-order valence-electron chi connectivity index (χ3n) is 4.51. The summed E-state index contributed by atoms with van der Waals surface area (Å²) in [5.41, 5.74) is 5.16. The van der Waals surface area contributed by atoms with Crippen LogP contribution < -0.4 is 9.80 Å². The molecule has 25 heavy (non-hydrogen) atoms. The SMILES string of the molecule is CCN(CCOCCN(CC)c1cccc(C)c1)c1cccc(C)c1. The minimum Gasteiger partial charge on any atom is -0.378 e. The standard InChI is InChI=1S/C22H32N2O/c1-5-23(21-11-7-9-19(3)17-21)13-15-25-16-14-24(6-2)22-12-8-10-20(4)18-22/h7-12,17-18H,5-6,13-16H2,1-4H3. The Labute approximate surface area is 153 Å². The molecule has 0 aliphatic rings. The second-order valence-corrected chi connectivity index (χ2v) is 6.45. The Kier molecular flexibility index (Phi) is 7.80. The number of hydrogen-bond donors (Lipinski definition) is 0. The molecule has 3 nitrogen and oxygen atoms in total. The lowest BCUT2D eigenvalue weighted by atomic mass is 10.2. The van der Waals surface area contributed by atoms with E-state index in [-0.39, 0.29) is 0 Å². The van der Waals surface area contributed by atoms with E-state index in [4.69, 9.17) is 4.74 Å². The van der Waals surface area contributed by atoms with Gasteiger partial charge in [0.2, 0.25) is 0 Å². The number of benzene rings is 2. The van der Waals surface area contributed by atoms with Gasteiger partial charge in [-0.2, -0.15) is 0 Å². The van der Waals surface area contributed by atoms with Gasteiger partial charge in [0.05, 0.1) is 13.2 Å². The Bertz CT molecular complexity index is 586. The number of nitrogens with zero attached hydrogens (tertiary/aromatic N) is 2. The lowest BCUT2D eigenvalue weighted by Gasteiger charge is -2.25. The van der Waals surface area contributed by atoms with Crippen molar-refractivity contribution < 1.29 is 4.74 Å². The Morgan fingerprint density at radius 2 is 1.16 bits per heavy atom. The van der Waals surface area contributed by atoms with Gasteiger partial charge in [0.1, 0.15) is 0 Å². The summed E-state index contributed by atoms with van der Waals surface area (Å²) in [6.45, 7) is 14.0. The summed E-state index contributed by atoms with van der Waals surface area (Å²) < 4.78 is 5.92. The van der Waals surface area contributed by atoms with Crippen LogP contribution in [0.15, 0.2) is 48.5 Å². The second kappa shape index (κ2) is 10.1. The highest BCUT2D eigenvalue weighted by atomic mass is 16.5. The van der Waals surface area contributed by atoms with Crippen molar-refractivity contribution in [2.24, 2.45) is 0 Å². The van der Waals surface area contributed by atoms with Gasteiger partial charge in [-0.25, -0.2) is 0 Å². The van der Waals surface area contributed by atoms with Gasteiger partial charge in [-0.15, -0.1) is 0 Å². The fourth-order valence-corrected chi connectivity index (χ4v) is 3.04. The third-order valence-corrected chi connectivity index (χ3v) is 4.51. The summed E-state index contributed by atoms with van der Waals surface area (Å²) in [5, 5.41) is 0. The number of anilines is 2. The van der Waals surface area contributed by atoms with Crippen molar-refractivity contribution in [1.29, 1.82) is 0 Å². The zero-order valence-corrected chi connectivity index (χ0v) is 16.2. The van der Waals surface area contributed by atoms with Gasteiger partial charge in [-0.1, -0.05) is 24.3 Å². The first-order valence-electron chi connectivity index (χ1n) is 9.35. The maximum absolute atomic E-state index is 5.92. The van der Waals surface area contributed by atoms with Crippen molar-refractivity contribution in [3.8, 4) is 0 Å². The van der Waals surface area contributed by atoms with E-state index >= 15 is 0 Å². The van der Waals surface area contributed by atoms with Crippen molar-refractivity contribution >= 4 is 11.4 Å². The zero-order valence-electron chi connectivity index (χ0n) is 16.2. The highest BCUT2D eigenvalue weighted by molar-refractivity contribution is 5.49. The molecule has 0 amide bonds. The molecule has 0 heterocycles. The van der Waals surface area contributed by atoms with Crippen molar-refractivity contribution in [3.63, 3.8) is 0 Å². The van der Waals surface area contributed by atoms with Crippen LogP contribution in [0.3, 0.4) is 0 Å². The molecule has 0 spiro atoms. The van der Waals surface area contributed by atoms with E-state index in [1.807, 2.05) is 0 Å². The molecule has 0 radical (unpaired) electrons. The van der Waals surface area contributed by atoms with Gasteiger partial charge in [0, 0.05) is 37.6 Å². The molecule has 2 rings (SSSR count). The summed E-state index contributed by atoms with van der Waals surface area (Å²) >= 11 is 0. The smallest absolute Gasteiger partial charge is 0.0642 e. The molecule has 136 valence electrons. The average Bonchev–Trinajstić information content (AvgIpc) is 2.61. The fourth-order valence-electron chi connectivity index (χ4n) is 3.04. The van der Waals surface area contributed by atoms with Crippen LogP contribution in [0, 0.1) is 13.8 Å². The minimum absolute atomic E-state index is 0.757. The topological polar surface area (TPSA) is 15.7 Å². The molecule has 0 atom stereocenters. The maximum atomic E-state index is 5.92. The number of ether oxygens (including phenoxy) is 1. The van der Waals surface area contributed by atoms with Crippen LogP contribution in [0.5, 0.6) is 0 Å². The van der Waals surface area contributed by atoms with Crippen LogP contribution in [0.25, 0.3) is 0 Å². The number of rotatable bonds is 10. The van der Waals surface area contributed by atoms with Crippen molar-refractivity contribution in [3.05, 3.63) is 59.7 Å². The summed E-state index contributed by atoms with van der Waals surface area (Å²) in [4.78, 5) is 4.73. The van der Waals surface area contributed by atoms with Crippen LogP contribution in [0.2, 0.25) is 0 Å². The second-order valence-electron chi connectivity index (χ2n) is 6.45. The quantitative estimate of drug-likeness (QED) is 0.584. The molecule has 0 aliphatic heterocycles. The monoisotopic (exact) mass is 340 g/mol. The number of hydrogen-bond acceptors (Lipinski definition) is 3. The lowest BCUT2D eigenvalue weighted by molar-refractivity contribution is 0.146. The van der Waals surface area contributed by atoms with Gasteiger partial charge in [-0.05, 0) is 63.1 Å². The molecule has 0 saturated carbocycles. The van der Waals surface area contributed by atoms with Crippen molar-refractivity contribution in [2.75, 3.05) is 49.2 Å². The van der Waals surface area contributed by atoms with Crippen molar-refractivity contribution in [1.82, 2.24) is 0 Å². The van der Waals surface area contributed by atoms with Gasteiger partial charge >= 0.3 is 0 Å². The molecule has 3 heteroatoms. The predicted octanol–water partition coefficient (Wildman–Crippen LogP) is 4.67. The normalized spacial score (nSPS) is 10.7. The Hall–Kier alpha value is -2.00. The molecule has 0 bridgehead atoms. The molecule has 0 fully saturated rings. The van der Waals surface area contributed by atoms with E-state index < -0.39 is 0 Å². The first kappa shape index (κ1) is 19.3. The largest absolute Gasteiger partial charge is 0.378 e. The van der Waals surface area contributed by atoms with Crippen LogP contribution >= 0.6 is 0 Å². The molecular formula is C22H32N2O. The van der Waals surface area contributed by atoms with E-state index in [0.29, 0.717) is 0 Å². The van der Waals surface area contributed by atoms with E-state index in [1.54, 1.807) is 0 Å². The highest BCUT2D eigenvalue weighted by Gasteiger charge is 2.06. The first-order valence-corrected chi connectivity index (χ1v) is 9.35.